The Kier molecular flexibility index (Phi) is 5.92. The van der Waals surface area contributed by atoms with Crippen LogP contribution in [-0.4, -0.2) is 15.0 Å². The monoisotopic (exact) mass is 625 g/mol. The van der Waals surface area contributed by atoms with Gasteiger partial charge >= 0.3 is 0 Å². The minimum Gasteiger partial charge on any atom is -0.247 e. The van der Waals surface area contributed by atoms with Crippen molar-refractivity contribution in [2.45, 2.75) is 19.3 Å². The smallest absolute Gasteiger partial charge is 0.0972 e. The minimum absolute atomic E-state index is 0.0593. The van der Waals surface area contributed by atoms with Gasteiger partial charge in [-0.15, -0.1) is 0 Å². The Labute approximate surface area is 284 Å². The fraction of sp³-hybridized carbons (Fsp3) is 0.0652. The van der Waals surface area contributed by atoms with Gasteiger partial charge in [-0.25, -0.2) is 15.0 Å². The lowest BCUT2D eigenvalue weighted by Crippen LogP contribution is -2.14. The molecule has 3 heteroatoms. The van der Waals surface area contributed by atoms with Crippen molar-refractivity contribution in [2.24, 2.45) is 0 Å². The summed E-state index contributed by atoms with van der Waals surface area (Å²) in [4.78, 5) is 15.6. The first-order valence-corrected chi connectivity index (χ1v) is 16.9. The number of fused-ring (bicyclic) bond motifs is 9. The van der Waals surface area contributed by atoms with Gasteiger partial charge in [0.2, 0.25) is 0 Å². The maximum Gasteiger partial charge on any atom is 0.0972 e. The second-order valence-electron chi connectivity index (χ2n) is 13.7. The third kappa shape index (κ3) is 4.32. The van der Waals surface area contributed by atoms with Crippen LogP contribution in [0.1, 0.15) is 25.0 Å². The molecule has 0 saturated heterocycles. The van der Waals surface area contributed by atoms with Crippen LogP contribution < -0.4 is 0 Å². The quantitative estimate of drug-likeness (QED) is 0.183. The van der Waals surface area contributed by atoms with Crippen molar-refractivity contribution in [3.8, 4) is 44.9 Å². The molecule has 0 saturated carbocycles. The molecule has 0 radical (unpaired) electrons. The summed E-state index contributed by atoms with van der Waals surface area (Å²) in [5.74, 6) is 0. The van der Waals surface area contributed by atoms with Crippen molar-refractivity contribution < 1.29 is 0 Å². The normalized spacial score (nSPS) is 13.3. The Balaban J connectivity index is 1.03. The van der Waals surface area contributed by atoms with Crippen LogP contribution in [0.4, 0.5) is 0 Å². The lowest BCUT2D eigenvalue weighted by atomic mass is 9.82. The maximum absolute atomic E-state index is 5.26. The SMILES string of the molecule is CC1(C)c2ccccc2-c2ccc(-c3ccc4ccc5ccc(-c6ccc(-c7ccc8ccc9ccccc9c8n7)cc6)nc5c4n3)cc21. The van der Waals surface area contributed by atoms with Crippen molar-refractivity contribution in [1.29, 1.82) is 0 Å². The average molecular weight is 626 g/mol. The summed E-state index contributed by atoms with van der Waals surface area (Å²) in [5.41, 5.74) is 14.3. The van der Waals surface area contributed by atoms with E-state index < -0.39 is 0 Å². The maximum atomic E-state index is 5.26. The summed E-state index contributed by atoms with van der Waals surface area (Å²) < 4.78 is 0. The van der Waals surface area contributed by atoms with Crippen LogP contribution in [0.3, 0.4) is 0 Å². The molecule has 3 aromatic heterocycles. The van der Waals surface area contributed by atoms with Crippen LogP contribution in [-0.2, 0) is 5.41 Å². The largest absolute Gasteiger partial charge is 0.247 e. The predicted octanol–water partition coefficient (Wildman–Crippen LogP) is 11.8. The molecule has 0 bridgehead atoms. The zero-order chi connectivity index (χ0) is 32.7. The van der Waals surface area contributed by atoms with Gasteiger partial charge in [-0.2, -0.15) is 0 Å². The average Bonchev–Trinajstić information content (AvgIpc) is 3.39. The molecule has 9 aromatic rings. The van der Waals surface area contributed by atoms with Gasteiger partial charge in [-0.1, -0.05) is 141 Å². The van der Waals surface area contributed by atoms with E-state index in [1.807, 2.05) is 0 Å². The number of pyridine rings is 3. The van der Waals surface area contributed by atoms with Crippen LogP contribution in [0, 0.1) is 0 Å². The van der Waals surface area contributed by atoms with Gasteiger partial charge in [-0.3, -0.25) is 0 Å². The molecule has 49 heavy (non-hydrogen) atoms. The molecular formula is C46H31N3. The molecule has 0 unspecified atom stereocenters. The standard InChI is InChI=1S/C46H31N3/c1-46(2)38-10-6-5-9-36(38)37-23-19-34(27-39(37)46)42-26-22-33-18-17-32-21-25-41(48-44(32)45(33)49-42)30-14-12-29(13-15-30)40-24-20-31-16-11-28-7-3-4-8-35(28)43(31)47-40/h3-27H,1-2H3. The summed E-state index contributed by atoms with van der Waals surface area (Å²) in [7, 11) is 0. The molecule has 3 nitrogen and oxygen atoms in total. The molecule has 0 atom stereocenters. The molecule has 0 aliphatic heterocycles. The molecule has 6 aromatic carbocycles. The fourth-order valence-electron chi connectivity index (χ4n) is 7.78. The minimum atomic E-state index is -0.0593. The first-order chi connectivity index (χ1) is 24.0. The number of nitrogens with zero attached hydrogens (tertiary/aromatic N) is 3. The molecule has 1 aliphatic rings. The Bertz CT molecular complexity index is 2790. The Morgan fingerprint density at radius 1 is 0.367 bits per heavy atom. The van der Waals surface area contributed by atoms with Crippen molar-refractivity contribution in [1.82, 2.24) is 15.0 Å². The molecule has 0 fully saturated rings. The van der Waals surface area contributed by atoms with E-state index in [2.05, 4.69) is 166 Å². The summed E-state index contributed by atoms with van der Waals surface area (Å²) in [6.45, 7) is 4.64. The third-order valence-corrected chi connectivity index (χ3v) is 10.5. The van der Waals surface area contributed by atoms with E-state index in [0.717, 1.165) is 66.5 Å². The van der Waals surface area contributed by atoms with Gasteiger partial charge in [0.15, 0.2) is 0 Å². The molecule has 10 rings (SSSR count). The van der Waals surface area contributed by atoms with E-state index in [1.54, 1.807) is 0 Å². The van der Waals surface area contributed by atoms with Gasteiger partial charge < -0.3 is 0 Å². The van der Waals surface area contributed by atoms with E-state index in [1.165, 1.54) is 33.0 Å². The topological polar surface area (TPSA) is 38.7 Å². The molecule has 0 spiro atoms. The van der Waals surface area contributed by atoms with E-state index >= 15 is 0 Å². The Hall–Kier alpha value is -6.19. The molecule has 3 heterocycles. The second kappa shape index (κ2) is 10.4. The first-order valence-electron chi connectivity index (χ1n) is 16.9. The highest BCUT2D eigenvalue weighted by Crippen LogP contribution is 2.49. The third-order valence-electron chi connectivity index (χ3n) is 10.5. The van der Waals surface area contributed by atoms with E-state index in [0.29, 0.717) is 0 Å². The van der Waals surface area contributed by atoms with Gasteiger partial charge in [-0.05, 0) is 51.9 Å². The summed E-state index contributed by atoms with van der Waals surface area (Å²) in [6.07, 6.45) is 0. The van der Waals surface area contributed by atoms with Crippen LogP contribution in [0.25, 0.3) is 88.4 Å². The van der Waals surface area contributed by atoms with Crippen molar-refractivity contribution in [3.05, 3.63) is 163 Å². The van der Waals surface area contributed by atoms with Crippen molar-refractivity contribution in [3.63, 3.8) is 0 Å². The summed E-state index contributed by atoms with van der Waals surface area (Å²) in [5, 5.41) is 5.69. The number of benzene rings is 6. The van der Waals surface area contributed by atoms with E-state index in [4.69, 9.17) is 15.0 Å². The molecule has 0 N–H and O–H groups in total. The van der Waals surface area contributed by atoms with Gasteiger partial charge in [0.1, 0.15) is 0 Å². The highest BCUT2D eigenvalue weighted by Gasteiger charge is 2.35. The summed E-state index contributed by atoms with van der Waals surface area (Å²) in [6, 6.07) is 54.1. The highest BCUT2D eigenvalue weighted by molar-refractivity contribution is 6.06. The number of aromatic nitrogens is 3. The number of hydrogen-bond donors (Lipinski definition) is 0. The zero-order valence-corrected chi connectivity index (χ0v) is 27.3. The van der Waals surface area contributed by atoms with E-state index in [9.17, 15) is 0 Å². The molecule has 230 valence electrons. The van der Waals surface area contributed by atoms with Gasteiger partial charge in [0, 0.05) is 43.7 Å². The number of hydrogen-bond acceptors (Lipinski definition) is 3. The summed E-state index contributed by atoms with van der Waals surface area (Å²) >= 11 is 0. The second-order valence-corrected chi connectivity index (χ2v) is 13.7. The molecular weight excluding hydrogens is 595 g/mol. The van der Waals surface area contributed by atoms with Crippen LogP contribution in [0.15, 0.2) is 152 Å². The Morgan fingerprint density at radius 3 is 1.51 bits per heavy atom. The molecule has 0 amide bonds. The van der Waals surface area contributed by atoms with E-state index in [-0.39, 0.29) is 5.41 Å². The van der Waals surface area contributed by atoms with Crippen molar-refractivity contribution >= 4 is 43.5 Å². The van der Waals surface area contributed by atoms with Gasteiger partial charge in [0.05, 0.1) is 33.6 Å². The van der Waals surface area contributed by atoms with Crippen LogP contribution >= 0.6 is 0 Å². The highest BCUT2D eigenvalue weighted by atomic mass is 14.8. The van der Waals surface area contributed by atoms with Crippen molar-refractivity contribution in [2.75, 3.05) is 0 Å². The van der Waals surface area contributed by atoms with Crippen LogP contribution in [0.5, 0.6) is 0 Å². The molecule has 1 aliphatic carbocycles. The zero-order valence-electron chi connectivity index (χ0n) is 27.3. The van der Waals surface area contributed by atoms with Gasteiger partial charge in [0.25, 0.3) is 0 Å². The Morgan fingerprint density at radius 2 is 0.837 bits per heavy atom. The number of rotatable bonds is 3. The first kappa shape index (κ1) is 27.9. The lowest BCUT2D eigenvalue weighted by molar-refractivity contribution is 0.660. The lowest BCUT2D eigenvalue weighted by Gasteiger charge is -2.21. The van der Waals surface area contributed by atoms with Crippen LogP contribution in [0.2, 0.25) is 0 Å². The predicted molar refractivity (Wildman–Crippen MR) is 204 cm³/mol. The fourth-order valence-corrected chi connectivity index (χ4v) is 7.78.